The van der Waals surface area contributed by atoms with Crippen molar-refractivity contribution in [2.45, 2.75) is 19.8 Å². The van der Waals surface area contributed by atoms with Crippen LogP contribution in [0.5, 0.6) is 0 Å². The molecule has 1 N–H and O–H groups in total. The lowest BCUT2D eigenvalue weighted by atomic mass is 10.0. The third-order valence-corrected chi connectivity index (χ3v) is 6.60. The molecule has 0 fully saturated rings. The summed E-state index contributed by atoms with van der Waals surface area (Å²) in [7, 11) is 0. The second-order valence-electron chi connectivity index (χ2n) is 7.45. The van der Waals surface area contributed by atoms with Crippen LogP contribution >= 0.6 is 46.4 Å². The van der Waals surface area contributed by atoms with Gasteiger partial charge in [0.25, 0.3) is 0 Å². The van der Waals surface area contributed by atoms with Crippen molar-refractivity contribution in [3.63, 3.8) is 0 Å². The molecular weight excluding hydrogens is 516 g/mol. The van der Waals surface area contributed by atoms with E-state index in [1.807, 2.05) is 12.1 Å². The smallest absolute Gasteiger partial charge is 0.213 e. The zero-order chi connectivity index (χ0) is 24.2. The van der Waals surface area contributed by atoms with Crippen molar-refractivity contribution in [1.29, 1.82) is 5.26 Å². The number of ether oxygens (including phenoxy) is 2. The van der Waals surface area contributed by atoms with E-state index >= 15 is 0 Å². The molecule has 0 amide bonds. The molecule has 9 heteroatoms. The lowest BCUT2D eigenvalue weighted by molar-refractivity contribution is 0.278. The van der Waals surface area contributed by atoms with Gasteiger partial charge in [0.15, 0.2) is 5.76 Å². The van der Waals surface area contributed by atoms with Gasteiger partial charge >= 0.3 is 0 Å². The van der Waals surface area contributed by atoms with E-state index in [9.17, 15) is 5.26 Å². The monoisotopic (exact) mass is 533 g/mol. The van der Waals surface area contributed by atoms with Gasteiger partial charge in [-0.3, -0.25) is 0 Å². The first-order valence-electron chi connectivity index (χ1n) is 10.5. The molecule has 3 heterocycles. The van der Waals surface area contributed by atoms with E-state index < -0.39 is 0 Å². The number of aromatic nitrogens is 1. The molecule has 2 aliphatic heterocycles. The Morgan fingerprint density at radius 3 is 2.50 bits per heavy atom. The Morgan fingerprint density at radius 2 is 1.85 bits per heavy atom. The van der Waals surface area contributed by atoms with Crippen molar-refractivity contribution in [3.05, 3.63) is 91.0 Å². The minimum absolute atomic E-state index is 0.124. The Hall–Kier alpha value is -2.62. The summed E-state index contributed by atoms with van der Waals surface area (Å²) in [6, 6.07) is 11.0. The molecule has 2 aromatic rings. The van der Waals surface area contributed by atoms with Crippen LogP contribution in [0, 0.1) is 11.3 Å². The van der Waals surface area contributed by atoms with Gasteiger partial charge in [-0.05, 0) is 36.8 Å². The van der Waals surface area contributed by atoms with Crippen molar-refractivity contribution in [1.82, 2.24) is 4.98 Å². The maximum absolute atomic E-state index is 9.81. The summed E-state index contributed by atoms with van der Waals surface area (Å²) in [5, 5.41) is 11.3. The average molecular weight is 535 g/mol. The molecule has 34 heavy (non-hydrogen) atoms. The lowest BCUT2D eigenvalue weighted by Gasteiger charge is -2.12. The number of aromatic amines is 1. The third kappa shape index (κ3) is 4.92. The second kappa shape index (κ2) is 10.8. The fraction of sp³-hybridized carbons (Fsp3) is 0.200. The van der Waals surface area contributed by atoms with Crippen LogP contribution in [0.4, 0.5) is 0 Å². The Morgan fingerprint density at radius 1 is 1.12 bits per heavy atom. The first-order valence-corrected chi connectivity index (χ1v) is 12.1. The number of benzene rings is 1. The predicted molar refractivity (Wildman–Crippen MR) is 138 cm³/mol. The summed E-state index contributed by atoms with van der Waals surface area (Å²) in [5.74, 6) is 0.750. The number of nitrogens with one attached hydrogen (secondary N) is 1. The quantitative estimate of drug-likeness (QED) is 0.303. The summed E-state index contributed by atoms with van der Waals surface area (Å²) in [4.78, 5) is 7.92. The molecule has 0 atom stereocenters. The van der Waals surface area contributed by atoms with Crippen molar-refractivity contribution in [2.24, 2.45) is 4.99 Å². The number of rotatable bonds is 6. The number of unbranched alkanes of at least 4 members (excludes halogenated alkanes) is 1. The van der Waals surface area contributed by atoms with Crippen LogP contribution in [-0.2, 0) is 9.47 Å². The topological polar surface area (TPSA) is 70.4 Å². The number of nitriles is 1. The zero-order valence-electron chi connectivity index (χ0n) is 18.1. The summed E-state index contributed by atoms with van der Waals surface area (Å²) >= 11 is 25.4. The zero-order valence-corrected chi connectivity index (χ0v) is 21.1. The predicted octanol–water partition coefficient (Wildman–Crippen LogP) is 7.82. The number of allylic oxidation sites excluding steroid dienone is 3. The molecule has 5 nitrogen and oxygen atoms in total. The van der Waals surface area contributed by atoms with Gasteiger partial charge in [-0.25, -0.2) is 4.99 Å². The van der Waals surface area contributed by atoms with Crippen LogP contribution in [-0.4, -0.2) is 24.1 Å². The summed E-state index contributed by atoms with van der Waals surface area (Å²) in [6.07, 6.45) is 5.61. The maximum atomic E-state index is 9.81. The SMILES string of the molecule is CCCCOC1=N/C(=C(\c2ccc(/C(C#N)=C3/OCC(Cl)=C3Cl)[nH]2)c2c(Cl)cccc2Cl)C=C1. The van der Waals surface area contributed by atoms with Crippen molar-refractivity contribution < 1.29 is 9.47 Å². The van der Waals surface area contributed by atoms with Crippen molar-refractivity contribution >= 4 is 63.4 Å². The van der Waals surface area contributed by atoms with E-state index in [1.165, 1.54) is 0 Å². The molecule has 4 rings (SSSR count). The number of hydrogen-bond donors (Lipinski definition) is 1. The molecule has 1 aromatic heterocycles. The van der Waals surface area contributed by atoms with E-state index in [0.29, 0.717) is 55.8 Å². The number of halogens is 4. The normalized spacial score (nSPS) is 18.1. The van der Waals surface area contributed by atoms with Crippen LogP contribution in [0.25, 0.3) is 11.1 Å². The minimum atomic E-state index is 0.124. The highest BCUT2D eigenvalue weighted by Crippen LogP contribution is 2.40. The highest BCUT2D eigenvalue weighted by molar-refractivity contribution is 6.41. The van der Waals surface area contributed by atoms with E-state index in [0.717, 1.165) is 12.8 Å². The van der Waals surface area contributed by atoms with Gasteiger partial charge in [0.05, 0.1) is 33.1 Å². The van der Waals surface area contributed by atoms with E-state index in [4.69, 9.17) is 55.9 Å². The Kier molecular flexibility index (Phi) is 7.75. The molecule has 0 saturated carbocycles. The highest BCUT2D eigenvalue weighted by atomic mass is 35.5. The summed E-state index contributed by atoms with van der Waals surface area (Å²) in [5.41, 5.74) is 3.29. The van der Waals surface area contributed by atoms with Crippen LogP contribution in [0.1, 0.15) is 36.7 Å². The fourth-order valence-electron chi connectivity index (χ4n) is 3.51. The molecule has 0 aliphatic carbocycles. The Balaban J connectivity index is 1.83. The van der Waals surface area contributed by atoms with Gasteiger partial charge in [0.2, 0.25) is 5.90 Å². The van der Waals surface area contributed by atoms with Crippen LogP contribution in [0.15, 0.2) is 69.0 Å². The number of nitrogens with zero attached hydrogens (tertiary/aromatic N) is 2. The molecular formula is C25H19Cl4N3O2. The molecule has 0 radical (unpaired) electrons. The van der Waals surface area contributed by atoms with E-state index in [1.54, 1.807) is 30.3 Å². The van der Waals surface area contributed by atoms with Crippen LogP contribution in [0.3, 0.4) is 0 Å². The van der Waals surface area contributed by atoms with Gasteiger partial charge < -0.3 is 14.5 Å². The molecule has 0 unspecified atom stereocenters. The first kappa shape index (κ1) is 24.5. The van der Waals surface area contributed by atoms with Gasteiger partial charge in [-0.2, -0.15) is 5.26 Å². The van der Waals surface area contributed by atoms with Gasteiger partial charge in [0, 0.05) is 22.9 Å². The fourth-order valence-corrected chi connectivity index (χ4v) is 4.44. The van der Waals surface area contributed by atoms with Gasteiger partial charge in [0.1, 0.15) is 23.3 Å². The number of H-pyrrole nitrogens is 1. The summed E-state index contributed by atoms with van der Waals surface area (Å²) in [6.45, 7) is 2.80. The van der Waals surface area contributed by atoms with Crippen molar-refractivity contribution in [3.8, 4) is 6.07 Å². The van der Waals surface area contributed by atoms with E-state index in [2.05, 4.69) is 23.0 Å². The minimum Gasteiger partial charge on any atom is -0.485 e. The third-order valence-electron chi connectivity index (χ3n) is 5.18. The molecule has 0 saturated heterocycles. The second-order valence-corrected chi connectivity index (χ2v) is 9.10. The molecule has 174 valence electrons. The van der Waals surface area contributed by atoms with Crippen molar-refractivity contribution in [2.75, 3.05) is 13.2 Å². The first-order chi connectivity index (χ1) is 16.4. The van der Waals surface area contributed by atoms with E-state index in [-0.39, 0.29) is 23.0 Å². The maximum Gasteiger partial charge on any atom is 0.213 e. The Labute approximate surface area is 217 Å². The molecule has 2 aliphatic rings. The highest BCUT2D eigenvalue weighted by Gasteiger charge is 2.26. The largest absolute Gasteiger partial charge is 0.485 e. The molecule has 0 spiro atoms. The summed E-state index contributed by atoms with van der Waals surface area (Å²) < 4.78 is 11.3. The number of hydrogen-bond acceptors (Lipinski definition) is 4. The van der Waals surface area contributed by atoms with Gasteiger partial charge in [-0.15, -0.1) is 0 Å². The van der Waals surface area contributed by atoms with Crippen LogP contribution < -0.4 is 0 Å². The Bertz CT molecular complexity index is 1310. The molecule has 1 aromatic carbocycles. The van der Waals surface area contributed by atoms with Gasteiger partial charge in [-0.1, -0.05) is 65.8 Å². The van der Waals surface area contributed by atoms with Crippen LogP contribution in [0.2, 0.25) is 10.0 Å². The molecule has 0 bridgehead atoms. The number of aliphatic imine (C=N–C) groups is 1. The standard InChI is InChI=1S/C25H19Cl4N3O2/c1-2-3-11-33-21-10-9-20(32-21)23(22-15(26)5-4-6-16(22)27)19-8-7-18(31-19)14(12-30)25-24(29)17(28)13-34-25/h4-10,31H,2-3,11,13H2,1H3/b23-20+,25-14+. The average Bonchev–Trinajstić information content (AvgIpc) is 3.55. The lowest BCUT2D eigenvalue weighted by Crippen LogP contribution is -2.01.